The van der Waals surface area contributed by atoms with Gasteiger partial charge in [-0.3, -0.25) is 0 Å². The second-order valence-electron chi connectivity index (χ2n) is 4.78. The van der Waals surface area contributed by atoms with E-state index in [0.29, 0.717) is 5.54 Å². The molecular weight excluding hydrogens is 186 g/mol. The van der Waals surface area contributed by atoms with Crippen molar-refractivity contribution < 1.29 is 4.74 Å². The molecule has 1 fully saturated rings. The minimum absolute atomic E-state index is 0.387. The molecule has 0 spiro atoms. The quantitative estimate of drug-likeness (QED) is 0.732. The molecule has 0 atom stereocenters. The molecule has 0 aliphatic carbocycles. The van der Waals surface area contributed by atoms with E-state index in [4.69, 9.17) is 4.74 Å². The largest absolute Gasteiger partial charge is 0.381 e. The van der Waals surface area contributed by atoms with Crippen LogP contribution in [0.2, 0.25) is 0 Å². The van der Waals surface area contributed by atoms with Crippen LogP contribution in [0, 0.1) is 5.92 Å². The highest BCUT2D eigenvalue weighted by Gasteiger charge is 2.24. The Bertz CT molecular complexity index is 152. The van der Waals surface area contributed by atoms with Gasteiger partial charge in [0.2, 0.25) is 0 Å². The van der Waals surface area contributed by atoms with Crippen LogP contribution in [-0.2, 0) is 4.74 Å². The summed E-state index contributed by atoms with van der Waals surface area (Å²) in [6, 6.07) is 0. The fourth-order valence-corrected chi connectivity index (χ4v) is 2.44. The fraction of sp³-hybridized carbons (Fsp3) is 1.00. The monoisotopic (exact) mass is 213 g/mol. The van der Waals surface area contributed by atoms with E-state index < -0.39 is 0 Å². The summed E-state index contributed by atoms with van der Waals surface area (Å²) in [5, 5.41) is 3.80. The Morgan fingerprint density at radius 3 is 2.07 bits per heavy atom. The Morgan fingerprint density at radius 1 is 1.07 bits per heavy atom. The van der Waals surface area contributed by atoms with Crippen LogP contribution in [0.4, 0.5) is 0 Å². The molecule has 0 aromatic rings. The van der Waals surface area contributed by atoms with Gasteiger partial charge in [-0.15, -0.1) is 0 Å². The van der Waals surface area contributed by atoms with Gasteiger partial charge in [0.1, 0.15) is 0 Å². The minimum atomic E-state index is 0.387. The Labute approximate surface area is 94.8 Å². The maximum absolute atomic E-state index is 5.38. The standard InChI is InChI=1S/C13H27NO/c1-4-13(5-2,6-3)14-11-12-7-9-15-10-8-12/h12,14H,4-11H2,1-3H3. The first-order valence-electron chi connectivity index (χ1n) is 6.59. The lowest BCUT2D eigenvalue weighted by Crippen LogP contribution is -2.46. The molecule has 0 amide bonds. The number of hydrogen-bond donors (Lipinski definition) is 1. The lowest BCUT2D eigenvalue weighted by Gasteiger charge is -2.34. The van der Waals surface area contributed by atoms with Gasteiger partial charge in [0, 0.05) is 18.8 Å². The van der Waals surface area contributed by atoms with Crippen molar-refractivity contribution in [1.82, 2.24) is 5.32 Å². The average molecular weight is 213 g/mol. The van der Waals surface area contributed by atoms with E-state index in [2.05, 4.69) is 26.1 Å². The molecule has 90 valence electrons. The van der Waals surface area contributed by atoms with Crippen LogP contribution in [-0.4, -0.2) is 25.3 Å². The Kier molecular flexibility index (Phi) is 5.62. The summed E-state index contributed by atoms with van der Waals surface area (Å²) in [6.07, 6.45) is 6.19. The molecule has 1 heterocycles. The molecule has 1 saturated heterocycles. The van der Waals surface area contributed by atoms with E-state index in [1.807, 2.05) is 0 Å². The Balaban J connectivity index is 2.31. The van der Waals surface area contributed by atoms with E-state index in [1.54, 1.807) is 0 Å². The van der Waals surface area contributed by atoms with Crippen LogP contribution in [0.25, 0.3) is 0 Å². The number of ether oxygens (including phenoxy) is 1. The van der Waals surface area contributed by atoms with E-state index in [9.17, 15) is 0 Å². The van der Waals surface area contributed by atoms with Gasteiger partial charge in [-0.1, -0.05) is 20.8 Å². The number of nitrogens with one attached hydrogen (secondary N) is 1. The predicted molar refractivity (Wildman–Crippen MR) is 65.1 cm³/mol. The zero-order chi connectivity index (χ0) is 11.1. The zero-order valence-corrected chi connectivity index (χ0v) is 10.6. The first-order valence-corrected chi connectivity index (χ1v) is 6.59. The van der Waals surface area contributed by atoms with Crippen molar-refractivity contribution in [1.29, 1.82) is 0 Å². The maximum Gasteiger partial charge on any atom is 0.0469 e. The molecule has 1 aliphatic heterocycles. The van der Waals surface area contributed by atoms with Crippen molar-refractivity contribution in [2.75, 3.05) is 19.8 Å². The Hall–Kier alpha value is -0.0800. The first kappa shape index (κ1) is 13.0. The molecule has 15 heavy (non-hydrogen) atoms. The molecule has 1 N–H and O–H groups in total. The van der Waals surface area contributed by atoms with Crippen LogP contribution in [0.15, 0.2) is 0 Å². The maximum atomic E-state index is 5.38. The molecule has 0 aromatic carbocycles. The predicted octanol–water partition coefficient (Wildman–Crippen LogP) is 2.97. The van der Waals surface area contributed by atoms with E-state index >= 15 is 0 Å². The van der Waals surface area contributed by atoms with Gasteiger partial charge in [0.15, 0.2) is 0 Å². The summed E-state index contributed by atoms with van der Waals surface area (Å²) >= 11 is 0. The molecule has 0 aromatic heterocycles. The highest BCUT2D eigenvalue weighted by molar-refractivity contribution is 4.85. The summed E-state index contributed by atoms with van der Waals surface area (Å²) in [7, 11) is 0. The molecule has 1 rings (SSSR count). The molecule has 0 saturated carbocycles. The first-order chi connectivity index (χ1) is 7.26. The highest BCUT2D eigenvalue weighted by Crippen LogP contribution is 2.21. The summed E-state index contributed by atoms with van der Waals surface area (Å²) in [4.78, 5) is 0. The van der Waals surface area contributed by atoms with Crippen LogP contribution >= 0.6 is 0 Å². The van der Waals surface area contributed by atoms with Crippen molar-refractivity contribution in [3.8, 4) is 0 Å². The second-order valence-corrected chi connectivity index (χ2v) is 4.78. The molecule has 2 nitrogen and oxygen atoms in total. The Morgan fingerprint density at radius 2 is 1.60 bits per heavy atom. The summed E-state index contributed by atoms with van der Waals surface area (Å²) in [6.45, 7) is 9.99. The van der Waals surface area contributed by atoms with Crippen LogP contribution in [0.1, 0.15) is 52.9 Å². The normalized spacial score (nSPS) is 19.4. The third kappa shape index (κ3) is 3.76. The van der Waals surface area contributed by atoms with E-state index in [-0.39, 0.29) is 0 Å². The lowest BCUT2D eigenvalue weighted by atomic mass is 9.88. The third-order valence-corrected chi connectivity index (χ3v) is 4.14. The van der Waals surface area contributed by atoms with Crippen LogP contribution in [0.5, 0.6) is 0 Å². The summed E-state index contributed by atoms with van der Waals surface area (Å²) in [5.74, 6) is 0.836. The molecule has 1 aliphatic rings. The van der Waals surface area contributed by atoms with Crippen molar-refractivity contribution >= 4 is 0 Å². The van der Waals surface area contributed by atoms with Crippen molar-refractivity contribution in [2.24, 2.45) is 5.92 Å². The van der Waals surface area contributed by atoms with Gasteiger partial charge in [-0.2, -0.15) is 0 Å². The van der Waals surface area contributed by atoms with Crippen LogP contribution in [0.3, 0.4) is 0 Å². The highest BCUT2D eigenvalue weighted by atomic mass is 16.5. The molecule has 2 heteroatoms. The van der Waals surface area contributed by atoms with Gasteiger partial charge in [-0.05, 0) is 44.6 Å². The SMILES string of the molecule is CCC(CC)(CC)NCC1CCOCC1. The van der Waals surface area contributed by atoms with Gasteiger partial charge in [0.25, 0.3) is 0 Å². The zero-order valence-electron chi connectivity index (χ0n) is 10.6. The second kappa shape index (κ2) is 6.49. The molecule has 0 bridgehead atoms. The average Bonchev–Trinajstić information content (AvgIpc) is 2.33. The van der Waals surface area contributed by atoms with Crippen molar-refractivity contribution in [3.05, 3.63) is 0 Å². The topological polar surface area (TPSA) is 21.3 Å². The van der Waals surface area contributed by atoms with Crippen molar-refractivity contribution in [2.45, 2.75) is 58.4 Å². The fourth-order valence-electron chi connectivity index (χ4n) is 2.44. The van der Waals surface area contributed by atoms with Gasteiger partial charge < -0.3 is 10.1 Å². The van der Waals surface area contributed by atoms with E-state index in [0.717, 1.165) is 19.1 Å². The molecular formula is C13H27NO. The summed E-state index contributed by atoms with van der Waals surface area (Å²) in [5.41, 5.74) is 0.387. The van der Waals surface area contributed by atoms with Gasteiger partial charge in [-0.25, -0.2) is 0 Å². The lowest BCUT2D eigenvalue weighted by molar-refractivity contribution is 0.0627. The van der Waals surface area contributed by atoms with Gasteiger partial charge in [0.05, 0.1) is 0 Å². The minimum Gasteiger partial charge on any atom is -0.381 e. The smallest absolute Gasteiger partial charge is 0.0469 e. The van der Waals surface area contributed by atoms with E-state index in [1.165, 1.54) is 38.6 Å². The number of rotatable bonds is 6. The van der Waals surface area contributed by atoms with Crippen LogP contribution < -0.4 is 5.32 Å². The van der Waals surface area contributed by atoms with Crippen molar-refractivity contribution in [3.63, 3.8) is 0 Å². The summed E-state index contributed by atoms with van der Waals surface area (Å²) < 4.78 is 5.38. The molecule has 0 unspecified atom stereocenters. The molecule has 0 radical (unpaired) electrons. The van der Waals surface area contributed by atoms with Gasteiger partial charge >= 0.3 is 0 Å². The third-order valence-electron chi connectivity index (χ3n) is 4.14. The number of hydrogen-bond acceptors (Lipinski definition) is 2.